The summed E-state index contributed by atoms with van der Waals surface area (Å²) in [4.78, 5) is 14.0. The first-order valence-electron chi connectivity index (χ1n) is 10.4. The fraction of sp³-hybridized carbons (Fsp3) is 0.682. The molecule has 1 heterocycles. The minimum absolute atomic E-state index is 0.249. The Labute approximate surface area is 152 Å². The van der Waals surface area contributed by atoms with E-state index in [0.29, 0.717) is 12.5 Å². The third-order valence-corrected chi connectivity index (χ3v) is 6.86. The van der Waals surface area contributed by atoms with Gasteiger partial charge < -0.3 is 10.2 Å². The van der Waals surface area contributed by atoms with Gasteiger partial charge in [-0.1, -0.05) is 30.7 Å². The zero-order valence-corrected chi connectivity index (χ0v) is 15.4. The van der Waals surface area contributed by atoms with Gasteiger partial charge in [0.25, 0.3) is 0 Å². The van der Waals surface area contributed by atoms with Crippen molar-refractivity contribution in [2.24, 2.45) is 17.8 Å². The molecule has 2 bridgehead atoms. The topological polar surface area (TPSA) is 33.5 Å². The van der Waals surface area contributed by atoms with E-state index in [4.69, 9.17) is 0 Å². The summed E-state index contributed by atoms with van der Waals surface area (Å²) >= 11 is 0. The van der Waals surface area contributed by atoms with Crippen molar-refractivity contribution >= 4 is 5.91 Å². The molecular formula is C22H33N2O+. The molecule has 1 aromatic carbocycles. The number of fused-ring (bicyclic) bond motifs is 2. The highest BCUT2D eigenvalue weighted by Crippen LogP contribution is 2.49. The van der Waals surface area contributed by atoms with Gasteiger partial charge in [0.2, 0.25) is 5.91 Å². The van der Waals surface area contributed by atoms with Gasteiger partial charge in [0, 0.05) is 18.5 Å². The van der Waals surface area contributed by atoms with Gasteiger partial charge in [-0.3, -0.25) is 4.79 Å². The SMILES string of the molecule is O=C(C[C@H]1C[C@@H]2CC[C@@H]1C2)NCc1ccc(C[NH+]2CCCCC2)cc1. The normalized spacial score (nSPS) is 29.0. The molecule has 4 rings (SSSR count). The van der Waals surface area contributed by atoms with Crippen LogP contribution in [0.25, 0.3) is 0 Å². The number of hydrogen-bond donors (Lipinski definition) is 2. The van der Waals surface area contributed by atoms with Crippen LogP contribution in [-0.4, -0.2) is 19.0 Å². The van der Waals surface area contributed by atoms with E-state index in [9.17, 15) is 4.79 Å². The molecule has 2 aliphatic carbocycles. The quantitative estimate of drug-likeness (QED) is 0.819. The van der Waals surface area contributed by atoms with Crippen LogP contribution in [0.5, 0.6) is 0 Å². The summed E-state index contributed by atoms with van der Waals surface area (Å²) in [6.07, 6.45) is 10.4. The lowest BCUT2D eigenvalue weighted by molar-refractivity contribution is -0.918. The lowest BCUT2D eigenvalue weighted by Crippen LogP contribution is -3.11. The Morgan fingerprint density at radius 2 is 1.76 bits per heavy atom. The third-order valence-electron chi connectivity index (χ3n) is 6.86. The molecule has 136 valence electrons. The predicted molar refractivity (Wildman–Crippen MR) is 100 cm³/mol. The zero-order chi connectivity index (χ0) is 17.1. The smallest absolute Gasteiger partial charge is 0.220 e. The Balaban J connectivity index is 1.20. The predicted octanol–water partition coefficient (Wildman–Crippen LogP) is 2.70. The number of nitrogens with one attached hydrogen (secondary N) is 2. The van der Waals surface area contributed by atoms with E-state index in [1.54, 1.807) is 4.90 Å². The van der Waals surface area contributed by atoms with Crippen LogP contribution in [0.4, 0.5) is 0 Å². The van der Waals surface area contributed by atoms with Crippen molar-refractivity contribution in [1.82, 2.24) is 5.32 Å². The van der Waals surface area contributed by atoms with E-state index in [-0.39, 0.29) is 5.91 Å². The summed E-state index contributed by atoms with van der Waals surface area (Å²) < 4.78 is 0. The summed E-state index contributed by atoms with van der Waals surface area (Å²) in [5, 5.41) is 3.14. The minimum atomic E-state index is 0.249. The molecule has 1 aliphatic heterocycles. The molecule has 3 atom stereocenters. The van der Waals surface area contributed by atoms with Crippen LogP contribution < -0.4 is 10.2 Å². The highest BCUT2D eigenvalue weighted by atomic mass is 16.1. The number of rotatable bonds is 6. The van der Waals surface area contributed by atoms with Crippen molar-refractivity contribution in [1.29, 1.82) is 0 Å². The standard InChI is InChI=1S/C22H32N2O/c25-22(14-21-13-19-8-9-20(21)12-19)23-15-17-4-6-18(7-5-17)16-24-10-2-1-3-11-24/h4-7,19-21H,1-3,8-16H2,(H,23,25)/p+1/t19-,20-,21-/m1/s1. The molecule has 1 saturated heterocycles. The Hall–Kier alpha value is -1.35. The molecular weight excluding hydrogens is 308 g/mol. The van der Waals surface area contributed by atoms with Crippen LogP contribution >= 0.6 is 0 Å². The molecule has 2 N–H and O–H groups in total. The lowest BCUT2D eigenvalue weighted by Gasteiger charge is -2.23. The van der Waals surface area contributed by atoms with Gasteiger partial charge in [-0.2, -0.15) is 0 Å². The van der Waals surface area contributed by atoms with Crippen molar-refractivity contribution in [2.75, 3.05) is 13.1 Å². The first kappa shape index (κ1) is 17.1. The van der Waals surface area contributed by atoms with E-state index in [1.807, 2.05) is 0 Å². The second kappa shape index (κ2) is 7.90. The van der Waals surface area contributed by atoms with E-state index in [1.165, 1.54) is 69.2 Å². The number of carbonyl (C=O) groups excluding carboxylic acids is 1. The van der Waals surface area contributed by atoms with Gasteiger partial charge in [0.05, 0.1) is 13.1 Å². The van der Waals surface area contributed by atoms with Crippen LogP contribution in [0.1, 0.15) is 62.5 Å². The molecule has 3 fully saturated rings. The van der Waals surface area contributed by atoms with Gasteiger partial charge in [-0.25, -0.2) is 0 Å². The molecule has 1 aromatic rings. The van der Waals surface area contributed by atoms with Gasteiger partial charge in [-0.15, -0.1) is 0 Å². The maximum atomic E-state index is 12.3. The zero-order valence-electron chi connectivity index (χ0n) is 15.4. The summed E-state index contributed by atoms with van der Waals surface area (Å²) in [5.74, 6) is 2.68. The van der Waals surface area contributed by atoms with Crippen LogP contribution in [0, 0.1) is 17.8 Å². The van der Waals surface area contributed by atoms with Crippen LogP contribution in [0.15, 0.2) is 24.3 Å². The van der Waals surface area contributed by atoms with E-state index < -0.39 is 0 Å². The first-order chi connectivity index (χ1) is 12.3. The van der Waals surface area contributed by atoms with Crippen molar-refractivity contribution in [3.63, 3.8) is 0 Å². The first-order valence-corrected chi connectivity index (χ1v) is 10.4. The van der Waals surface area contributed by atoms with Gasteiger partial charge >= 0.3 is 0 Å². The van der Waals surface area contributed by atoms with E-state index >= 15 is 0 Å². The Morgan fingerprint density at radius 1 is 1.00 bits per heavy atom. The van der Waals surface area contributed by atoms with Crippen molar-refractivity contribution in [3.8, 4) is 0 Å². The van der Waals surface area contributed by atoms with Crippen molar-refractivity contribution in [2.45, 2.75) is 64.5 Å². The lowest BCUT2D eigenvalue weighted by atomic mass is 9.86. The van der Waals surface area contributed by atoms with Gasteiger partial charge in [-0.05, 0) is 61.8 Å². The summed E-state index contributed by atoms with van der Waals surface area (Å²) in [7, 11) is 0. The highest BCUT2D eigenvalue weighted by molar-refractivity contribution is 5.76. The summed E-state index contributed by atoms with van der Waals surface area (Å²) in [6.45, 7) is 4.47. The molecule has 0 aromatic heterocycles. The number of hydrogen-bond acceptors (Lipinski definition) is 1. The highest BCUT2D eigenvalue weighted by Gasteiger charge is 2.39. The van der Waals surface area contributed by atoms with Crippen molar-refractivity contribution in [3.05, 3.63) is 35.4 Å². The van der Waals surface area contributed by atoms with E-state index in [2.05, 4.69) is 29.6 Å². The molecule has 0 spiro atoms. The number of amides is 1. The summed E-state index contributed by atoms with van der Waals surface area (Å²) in [6, 6.07) is 8.88. The third kappa shape index (κ3) is 4.44. The van der Waals surface area contributed by atoms with Gasteiger partial charge in [0.1, 0.15) is 6.54 Å². The maximum absolute atomic E-state index is 12.3. The van der Waals surface area contributed by atoms with Crippen LogP contribution in [0.3, 0.4) is 0 Å². The van der Waals surface area contributed by atoms with Crippen LogP contribution in [0.2, 0.25) is 0 Å². The van der Waals surface area contributed by atoms with E-state index in [0.717, 1.165) is 24.8 Å². The molecule has 0 radical (unpaired) electrons. The molecule has 3 nitrogen and oxygen atoms in total. The number of carbonyl (C=O) groups is 1. The Morgan fingerprint density at radius 3 is 2.44 bits per heavy atom. The second-order valence-corrected chi connectivity index (χ2v) is 8.72. The van der Waals surface area contributed by atoms with Gasteiger partial charge in [0.15, 0.2) is 0 Å². The summed E-state index contributed by atoms with van der Waals surface area (Å²) in [5.41, 5.74) is 2.65. The molecule has 2 saturated carbocycles. The Bertz CT molecular complexity index is 576. The Kier molecular flexibility index (Phi) is 5.40. The van der Waals surface area contributed by atoms with Crippen LogP contribution in [-0.2, 0) is 17.9 Å². The number of benzene rings is 1. The monoisotopic (exact) mass is 341 g/mol. The molecule has 25 heavy (non-hydrogen) atoms. The van der Waals surface area contributed by atoms with Crippen molar-refractivity contribution < 1.29 is 9.69 Å². The number of quaternary nitrogens is 1. The largest absolute Gasteiger partial charge is 0.352 e. The molecule has 0 unspecified atom stereocenters. The second-order valence-electron chi connectivity index (χ2n) is 8.72. The molecule has 3 heteroatoms. The minimum Gasteiger partial charge on any atom is -0.352 e. The molecule has 1 amide bonds. The fourth-order valence-corrected chi connectivity index (χ4v) is 5.43. The molecule has 3 aliphatic rings. The fourth-order valence-electron chi connectivity index (χ4n) is 5.43. The maximum Gasteiger partial charge on any atom is 0.220 e. The average molecular weight is 342 g/mol. The number of piperidine rings is 1. The number of likely N-dealkylation sites (tertiary alicyclic amines) is 1. The average Bonchev–Trinajstić information content (AvgIpc) is 3.25.